The van der Waals surface area contributed by atoms with E-state index in [0.29, 0.717) is 17.0 Å². The summed E-state index contributed by atoms with van der Waals surface area (Å²) in [5.41, 5.74) is 2.23. The van der Waals surface area contributed by atoms with E-state index in [9.17, 15) is 4.79 Å². The predicted molar refractivity (Wildman–Crippen MR) is 93.0 cm³/mol. The highest BCUT2D eigenvalue weighted by atomic mass is 16.5. The van der Waals surface area contributed by atoms with Gasteiger partial charge in [-0.05, 0) is 31.2 Å². The molecule has 0 spiro atoms. The van der Waals surface area contributed by atoms with E-state index in [0.717, 1.165) is 11.1 Å². The highest BCUT2D eigenvalue weighted by Crippen LogP contribution is 2.17. The molecule has 0 fully saturated rings. The van der Waals surface area contributed by atoms with E-state index in [1.807, 2.05) is 43.3 Å². The summed E-state index contributed by atoms with van der Waals surface area (Å²) in [7, 11) is 0. The van der Waals surface area contributed by atoms with Gasteiger partial charge in [0.1, 0.15) is 18.1 Å². The van der Waals surface area contributed by atoms with Crippen LogP contribution in [0.1, 0.15) is 11.4 Å². The number of nitrogens with one attached hydrogen (secondary N) is 1. The summed E-state index contributed by atoms with van der Waals surface area (Å²) in [6, 6.07) is 11.2. The molecule has 3 rings (SSSR count). The first-order valence-electron chi connectivity index (χ1n) is 7.83. The van der Waals surface area contributed by atoms with Gasteiger partial charge >= 0.3 is 0 Å². The molecule has 1 aromatic carbocycles. The van der Waals surface area contributed by atoms with Crippen molar-refractivity contribution in [2.45, 2.75) is 13.3 Å². The van der Waals surface area contributed by atoms with Crippen LogP contribution in [0.2, 0.25) is 0 Å². The molecule has 0 unspecified atom stereocenters. The zero-order chi connectivity index (χ0) is 17.5. The van der Waals surface area contributed by atoms with Crippen molar-refractivity contribution in [1.29, 1.82) is 0 Å². The van der Waals surface area contributed by atoms with Crippen LogP contribution in [-0.2, 0) is 11.2 Å². The summed E-state index contributed by atoms with van der Waals surface area (Å²) in [5, 5.41) is 7.52. The van der Waals surface area contributed by atoms with Gasteiger partial charge in [-0.3, -0.25) is 9.78 Å². The largest absolute Gasteiger partial charge is 0.479 e. The molecule has 6 nitrogen and oxygen atoms in total. The minimum Gasteiger partial charge on any atom is -0.479 e. The Labute approximate surface area is 145 Å². The first-order valence-corrected chi connectivity index (χ1v) is 7.83. The van der Waals surface area contributed by atoms with Crippen LogP contribution < -0.4 is 10.1 Å². The molecule has 6 heteroatoms. The number of ether oxygens (including phenoxy) is 1. The lowest BCUT2D eigenvalue weighted by atomic mass is 10.1. The number of hydrogen-bond donors (Lipinski definition) is 1. The normalized spacial score (nSPS) is 10.1. The van der Waals surface area contributed by atoms with E-state index in [1.54, 1.807) is 6.20 Å². The molecule has 2 aromatic heterocycles. The smallest absolute Gasteiger partial charge is 0.226 e. The standard InChI is InChI=1S/C19H17N3O3/c1-14-8-9-15(13-21-14)24-11-5-4-10-20-19(23)12-17-16-6-2-3-7-18(16)25-22-17/h2-3,6-9,13H,10-12H2,1H3,(H,20,23). The van der Waals surface area contributed by atoms with E-state index in [2.05, 4.69) is 27.3 Å². The SMILES string of the molecule is Cc1ccc(OCC#CCNC(=O)Cc2noc3ccccc23)cn1. The van der Waals surface area contributed by atoms with Crippen LogP contribution in [0, 0.1) is 18.8 Å². The van der Waals surface area contributed by atoms with Crippen molar-refractivity contribution in [3.8, 4) is 17.6 Å². The zero-order valence-corrected chi connectivity index (χ0v) is 13.8. The van der Waals surface area contributed by atoms with Gasteiger partial charge in [0.15, 0.2) is 5.58 Å². The van der Waals surface area contributed by atoms with Crippen LogP contribution in [0.15, 0.2) is 47.1 Å². The van der Waals surface area contributed by atoms with Crippen molar-refractivity contribution >= 4 is 16.9 Å². The van der Waals surface area contributed by atoms with Gasteiger partial charge in [-0.2, -0.15) is 0 Å². The molecule has 0 aliphatic heterocycles. The predicted octanol–water partition coefficient (Wildman–Crippen LogP) is 2.27. The molecule has 1 amide bonds. The third-order valence-electron chi connectivity index (χ3n) is 3.47. The number of nitrogens with zero attached hydrogens (tertiary/aromatic N) is 2. The monoisotopic (exact) mass is 335 g/mol. The number of pyridine rings is 1. The molecule has 3 aromatic rings. The highest BCUT2D eigenvalue weighted by Gasteiger charge is 2.11. The van der Waals surface area contributed by atoms with Crippen molar-refractivity contribution in [1.82, 2.24) is 15.5 Å². The maximum Gasteiger partial charge on any atom is 0.226 e. The average molecular weight is 335 g/mol. The number of aryl methyl sites for hydroxylation is 1. The Morgan fingerprint density at radius 1 is 1.24 bits per heavy atom. The molecule has 1 N–H and O–H groups in total. The molecule has 0 radical (unpaired) electrons. The quantitative estimate of drug-likeness (QED) is 0.724. The molecule has 0 saturated heterocycles. The van der Waals surface area contributed by atoms with E-state index in [1.165, 1.54) is 0 Å². The molecule has 0 bridgehead atoms. The Morgan fingerprint density at radius 3 is 2.96 bits per heavy atom. The van der Waals surface area contributed by atoms with Crippen molar-refractivity contribution in [3.63, 3.8) is 0 Å². The fourth-order valence-electron chi connectivity index (χ4n) is 2.20. The molecule has 0 aliphatic carbocycles. The number of aromatic nitrogens is 2. The Hall–Kier alpha value is -3.33. The third-order valence-corrected chi connectivity index (χ3v) is 3.47. The lowest BCUT2D eigenvalue weighted by Crippen LogP contribution is -2.25. The highest BCUT2D eigenvalue weighted by molar-refractivity contribution is 5.86. The molecular formula is C19H17N3O3. The van der Waals surface area contributed by atoms with Gasteiger partial charge in [0.2, 0.25) is 5.91 Å². The minimum absolute atomic E-state index is 0.156. The van der Waals surface area contributed by atoms with Crippen LogP contribution in [0.5, 0.6) is 5.75 Å². The topological polar surface area (TPSA) is 77.2 Å². The molecule has 0 saturated carbocycles. The number of fused-ring (bicyclic) bond motifs is 1. The van der Waals surface area contributed by atoms with E-state index in [4.69, 9.17) is 9.26 Å². The van der Waals surface area contributed by atoms with Crippen molar-refractivity contribution in [2.24, 2.45) is 0 Å². The van der Waals surface area contributed by atoms with Crippen molar-refractivity contribution < 1.29 is 14.1 Å². The lowest BCUT2D eigenvalue weighted by molar-refractivity contribution is -0.120. The van der Waals surface area contributed by atoms with Crippen LogP contribution in [0.4, 0.5) is 0 Å². The fraction of sp³-hybridized carbons (Fsp3) is 0.211. The second kappa shape index (κ2) is 7.97. The molecule has 25 heavy (non-hydrogen) atoms. The Morgan fingerprint density at radius 2 is 2.12 bits per heavy atom. The first-order chi connectivity index (χ1) is 12.2. The van der Waals surface area contributed by atoms with Gasteiger partial charge in [-0.15, -0.1) is 0 Å². The Bertz CT molecular complexity index is 920. The fourth-order valence-corrected chi connectivity index (χ4v) is 2.20. The minimum atomic E-state index is -0.156. The lowest BCUT2D eigenvalue weighted by Gasteiger charge is -2.01. The number of hydrogen-bond acceptors (Lipinski definition) is 5. The van der Waals surface area contributed by atoms with Gasteiger partial charge < -0.3 is 14.6 Å². The second-order valence-electron chi connectivity index (χ2n) is 5.36. The maximum absolute atomic E-state index is 11.9. The Balaban J connectivity index is 1.42. The van der Waals surface area contributed by atoms with E-state index < -0.39 is 0 Å². The summed E-state index contributed by atoms with van der Waals surface area (Å²) in [6.07, 6.45) is 1.81. The summed E-state index contributed by atoms with van der Waals surface area (Å²) in [4.78, 5) is 16.1. The van der Waals surface area contributed by atoms with Crippen LogP contribution >= 0.6 is 0 Å². The van der Waals surface area contributed by atoms with Crippen molar-refractivity contribution in [2.75, 3.05) is 13.2 Å². The van der Waals surface area contributed by atoms with Gasteiger partial charge in [-0.25, -0.2) is 0 Å². The molecule has 126 valence electrons. The summed E-state index contributed by atoms with van der Waals surface area (Å²) >= 11 is 0. The number of amides is 1. The summed E-state index contributed by atoms with van der Waals surface area (Å²) < 4.78 is 10.6. The molecular weight excluding hydrogens is 318 g/mol. The van der Waals surface area contributed by atoms with Gasteiger partial charge in [0.25, 0.3) is 0 Å². The first kappa shape index (κ1) is 16.5. The van der Waals surface area contributed by atoms with Gasteiger partial charge in [-0.1, -0.05) is 29.1 Å². The molecule has 2 heterocycles. The van der Waals surface area contributed by atoms with Gasteiger partial charge in [0.05, 0.1) is 19.2 Å². The van der Waals surface area contributed by atoms with Crippen molar-refractivity contribution in [3.05, 3.63) is 54.0 Å². The zero-order valence-electron chi connectivity index (χ0n) is 13.8. The summed E-state index contributed by atoms with van der Waals surface area (Å²) in [5.74, 6) is 6.20. The molecule has 0 atom stereocenters. The summed E-state index contributed by atoms with van der Waals surface area (Å²) in [6.45, 7) is 2.41. The number of carbonyl (C=O) groups is 1. The van der Waals surface area contributed by atoms with Crippen LogP contribution in [0.3, 0.4) is 0 Å². The maximum atomic E-state index is 11.9. The van der Waals surface area contributed by atoms with Crippen LogP contribution in [0.25, 0.3) is 11.0 Å². The third kappa shape index (κ3) is 4.58. The van der Waals surface area contributed by atoms with E-state index in [-0.39, 0.29) is 25.5 Å². The Kier molecular flexibility index (Phi) is 5.27. The van der Waals surface area contributed by atoms with Gasteiger partial charge in [0, 0.05) is 11.1 Å². The number of carbonyl (C=O) groups excluding carboxylic acids is 1. The number of para-hydroxylation sites is 1. The number of rotatable bonds is 5. The second-order valence-corrected chi connectivity index (χ2v) is 5.36. The average Bonchev–Trinajstić information content (AvgIpc) is 3.02. The number of benzene rings is 1. The van der Waals surface area contributed by atoms with E-state index >= 15 is 0 Å². The van der Waals surface area contributed by atoms with Crippen LogP contribution in [-0.4, -0.2) is 29.2 Å². The molecule has 0 aliphatic rings.